The first-order chi connectivity index (χ1) is 17.4. The fraction of sp³-hybridized carbons (Fsp3) is 0.560. The molecule has 37 heavy (non-hydrogen) atoms. The number of carboxylic acids is 1. The molecule has 1 aliphatic rings. The van der Waals surface area contributed by atoms with Crippen LogP contribution in [0.5, 0.6) is 5.75 Å². The molecule has 4 amide bonds. The van der Waals surface area contributed by atoms with E-state index in [1.165, 1.54) is 29.2 Å². The Morgan fingerprint density at radius 1 is 1.08 bits per heavy atom. The monoisotopic (exact) mass is 519 g/mol. The van der Waals surface area contributed by atoms with Crippen LogP contribution in [0.3, 0.4) is 0 Å². The summed E-state index contributed by atoms with van der Waals surface area (Å²) in [4.78, 5) is 63.6. The average Bonchev–Trinajstić information content (AvgIpc) is 3.31. The number of hydrogen-bond acceptors (Lipinski definition) is 7. The zero-order valence-electron chi connectivity index (χ0n) is 21.2. The molecule has 4 unspecified atom stereocenters. The molecule has 1 fully saturated rings. The number of likely N-dealkylation sites (tertiary alicyclic amines) is 1. The second-order valence-corrected chi connectivity index (χ2v) is 9.76. The summed E-state index contributed by atoms with van der Waals surface area (Å²) in [5.74, 6) is -3.51. The van der Waals surface area contributed by atoms with Crippen molar-refractivity contribution < 1.29 is 34.2 Å². The van der Waals surface area contributed by atoms with Crippen LogP contribution in [0.4, 0.5) is 0 Å². The number of amides is 4. The van der Waals surface area contributed by atoms with E-state index in [1.807, 2.05) is 13.8 Å². The number of nitrogens with one attached hydrogen (secondary N) is 2. The van der Waals surface area contributed by atoms with Crippen LogP contribution >= 0.6 is 0 Å². The minimum atomic E-state index is -1.33. The van der Waals surface area contributed by atoms with Crippen molar-refractivity contribution in [3.05, 3.63) is 29.8 Å². The van der Waals surface area contributed by atoms with E-state index in [1.54, 1.807) is 0 Å². The topological polar surface area (TPSA) is 205 Å². The second kappa shape index (κ2) is 13.6. The van der Waals surface area contributed by atoms with Gasteiger partial charge < -0.3 is 37.2 Å². The predicted molar refractivity (Wildman–Crippen MR) is 134 cm³/mol. The number of carboxylic acid groups (broad SMARTS) is 1. The lowest BCUT2D eigenvalue weighted by molar-refractivity contribution is -0.143. The molecule has 1 saturated heterocycles. The molecule has 0 aromatic heterocycles. The average molecular weight is 520 g/mol. The first-order valence-corrected chi connectivity index (χ1v) is 12.3. The van der Waals surface area contributed by atoms with E-state index < -0.39 is 47.9 Å². The molecule has 4 atom stereocenters. The molecule has 1 aliphatic heterocycles. The maximum absolute atomic E-state index is 13.1. The van der Waals surface area contributed by atoms with Crippen LogP contribution in [0, 0.1) is 5.92 Å². The lowest BCUT2D eigenvalue weighted by Crippen LogP contribution is -2.57. The van der Waals surface area contributed by atoms with Crippen LogP contribution in [0.1, 0.15) is 51.5 Å². The summed E-state index contributed by atoms with van der Waals surface area (Å²) in [5.41, 5.74) is 11.8. The number of benzene rings is 1. The lowest BCUT2D eigenvalue weighted by Gasteiger charge is -2.29. The van der Waals surface area contributed by atoms with Crippen molar-refractivity contribution in [3.63, 3.8) is 0 Å². The van der Waals surface area contributed by atoms with Gasteiger partial charge in [-0.2, -0.15) is 0 Å². The zero-order valence-corrected chi connectivity index (χ0v) is 21.2. The minimum Gasteiger partial charge on any atom is -0.508 e. The fourth-order valence-corrected chi connectivity index (χ4v) is 4.29. The molecule has 1 aromatic carbocycles. The number of nitrogens with two attached hydrogens (primary N) is 2. The van der Waals surface area contributed by atoms with Crippen molar-refractivity contribution in [2.75, 3.05) is 6.54 Å². The third kappa shape index (κ3) is 9.05. The largest absolute Gasteiger partial charge is 0.508 e. The van der Waals surface area contributed by atoms with Gasteiger partial charge in [0.25, 0.3) is 0 Å². The fourth-order valence-electron chi connectivity index (χ4n) is 4.29. The Labute approximate surface area is 215 Å². The van der Waals surface area contributed by atoms with Gasteiger partial charge >= 0.3 is 5.97 Å². The normalized spacial score (nSPS) is 17.6. The SMILES string of the molecule is CC(C)CC(N)C(=O)N1CCCC1C(=O)NC(CCC(N)=O)C(=O)NC(Cc1ccc(O)cc1)C(=O)O. The van der Waals surface area contributed by atoms with Crippen molar-refractivity contribution in [1.82, 2.24) is 15.5 Å². The van der Waals surface area contributed by atoms with Gasteiger partial charge in [-0.1, -0.05) is 26.0 Å². The Morgan fingerprint density at radius 3 is 2.30 bits per heavy atom. The molecule has 2 rings (SSSR count). The number of nitrogens with zero attached hydrogens (tertiary/aromatic N) is 1. The van der Waals surface area contributed by atoms with Gasteiger partial charge in [-0.25, -0.2) is 4.79 Å². The first kappa shape index (κ1) is 29.6. The maximum Gasteiger partial charge on any atom is 0.326 e. The van der Waals surface area contributed by atoms with E-state index in [0.29, 0.717) is 31.4 Å². The molecule has 1 heterocycles. The highest BCUT2D eigenvalue weighted by Crippen LogP contribution is 2.20. The molecular formula is C25H37N5O7. The van der Waals surface area contributed by atoms with Crippen LogP contribution in [0.25, 0.3) is 0 Å². The van der Waals surface area contributed by atoms with Crippen LogP contribution in [-0.4, -0.2) is 75.4 Å². The van der Waals surface area contributed by atoms with Crippen LogP contribution in [0.2, 0.25) is 0 Å². The van der Waals surface area contributed by atoms with E-state index in [2.05, 4.69) is 10.6 Å². The summed E-state index contributed by atoms with van der Waals surface area (Å²) in [6.07, 6.45) is 0.993. The molecule has 0 radical (unpaired) electrons. The molecule has 0 spiro atoms. The van der Waals surface area contributed by atoms with E-state index in [-0.39, 0.29) is 36.8 Å². The number of carbonyl (C=O) groups is 5. The van der Waals surface area contributed by atoms with Crippen molar-refractivity contribution in [3.8, 4) is 5.75 Å². The van der Waals surface area contributed by atoms with Gasteiger partial charge in [0, 0.05) is 19.4 Å². The highest BCUT2D eigenvalue weighted by Gasteiger charge is 2.38. The molecule has 1 aromatic rings. The highest BCUT2D eigenvalue weighted by molar-refractivity contribution is 5.94. The van der Waals surface area contributed by atoms with Gasteiger partial charge in [-0.05, 0) is 49.3 Å². The van der Waals surface area contributed by atoms with Crippen LogP contribution < -0.4 is 22.1 Å². The molecule has 0 bridgehead atoms. The van der Waals surface area contributed by atoms with E-state index in [0.717, 1.165) is 0 Å². The lowest BCUT2D eigenvalue weighted by atomic mass is 10.0. The second-order valence-electron chi connectivity index (χ2n) is 9.76. The summed E-state index contributed by atoms with van der Waals surface area (Å²) in [5, 5.41) is 24.0. The summed E-state index contributed by atoms with van der Waals surface area (Å²) in [7, 11) is 0. The van der Waals surface area contributed by atoms with Crippen molar-refractivity contribution in [1.29, 1.82) is 0 Å². The Kier molecular flexibility index (Phi) is 10.9. The van der Waals surface area contributed by atoms with Gasteiger partial charge in [0.2, 0.25) is 23.6 Å². The Balaban J connectivity index is 2.13. The Morgan fingerprint density at radius 2 is 1.73 bits per heavy atom. The molecule has 8 N–H and O–H groups in total. The van der Waals surface area contributed by atoms with Gasteiger partial charge in [0.05, 0.1) is 6.04 Å². The number of primary amides is 1. The Hall–Kier alpha value is -3.67. The van der Waals surface area contributed by atoms with Crippen LogP contribution in [-0.2, 0) is 30.4 Å². The number of hydrogen-bond donors (Lipinski definition) is 6. The first-order valence-electron chi connectivity index (χ1n) is 12.3. The van der Waals surface area contributed by atoms with Crippen molar-refractivity contribution in [2.24, 2.45) is 17.4 Å². The summed E-state index contributed by atoms with van der Waals surface area (Å²) in [6.45, 7) is 4.24. The third-order valence-electron chi connectivity index (χ3n) is 6.18. The van der Waals surface area contributed by atoms with E-state index >= 15 is 0 Å². The van der Waals surface area contributed by atoms with Gasteiger partial charge in [-0.3, -0.25) is 19.2 Å². The molecule has 0 aliphatic carbocycles. The highest BCUT2D eigenvalue weighted by atomic mass is 16.4. The van der Waals surface area contributed by atoms with E-state index in [9.17, 15) is 34.2 Å². The number of carbonyl (C=O) groups excluding carboxylic acids is 4. The number of rotatable bonds is 13. The van der Waals surface area contributed by atoms with E-state index in [4.69, 9.17) is 11.5 Å². The van der Waals surface area contributed by atoms with Gasteiger partial charge in [0.15, 0.2) is 0 Å². The number of aliphatic carboxylic acids is 1. The molecule has 204 valence electrons. The number of phenols is 1. The molecule has 12 nitrogen and oxygen atoms in total. The number of phenolic OH excluding ortho intramolecular Hbond substituents is 1. The summed E-state index contributed by atoms with van der Waals surface area (Å²) in [6, 6.07) is 1.69. The Bertz CT molecular complexity index is 982. The summed E-state index contributed by atoms with van der Waals surface area (Å²) >= 11 is 0. The maximum atomic E-state index is 13.1. The zero-order chi connectivity index (χ0) is 27.7. The van der Waals surface area contributed by atoms with Gasteiger partial charge in [0.1, 0.15) is 23.9 Å². The number of aromatic hydroxyl groups is 1. The third-order valence-corrected chi connectivity index (χ3v) is 6.18. The summed E-state index contributed by atoms with van der Waals surface area (Å²) < 4.78 is 0. The predicted octanol–water partition coefficient (Wildman–Crippen LogP) is -0.381. The molecule has 12 heteroatoms. The smallest absolute Gasteiger partial charge is 0.326 e. The van der Waals surface area contributed by atoms with Crippen molar-refractivity contribution >= 4 is 29.6 Å². The minimum absolute atomic E-state index is 0.0125. The molecular weight excluding hydrogens is 482 g/mol. The quantitative estimate of drug-likeness (QED) is 0.202. The van der Waals surface area contributed by atoms with Gasteiger partial charge in [-0.15, -0.1) is 0 Å². The standard InChI is InChI=1S/C25H37N5O7/c1-14(2)12-17(26)24(35)30-11-3-4-20(30)23(34)28-18(9-10-21(27)32)22(33)29-19(25(36)37)13-15-5-7-16(31)8-6-15/h5-8,14,17-20,31H,3-4,9-13,26H2,1-2H3,(H2,27,32)(H,28,34)(H,29,33)(H,36,37). The van der Waals surface area contributed by atoms with Crippen molar-refractivity contribution in [2.45, 2.75) is 76.5 Å². The van der Waals surface area contributed by atoms with Crippen LogP contribution in [0.15, 0.2) is 24.3 Å². The molecule has 0 saturated carbocycles.